The van der Waals surface area contributed by atoms with E-state index in [2.05, 4.69) is 4.98 Å². The molecule has 0 saturated carbocycles. The standard InChI is InChI=1S/C6H7F2NSi/c1-10(7,8)6-4-2-3-5-9-6/h2-5H,1H3. The fourth-order valence-corrected chi connectivity index (χ4v) is 1.31. The Bertz CT molecular complexity index is 207. The number of nitrogens with zero attached hydrogens (tertiary/aromatic N) is 1. The molecule has 0 aromatic carbocycles. The van der Waals surface area contributed by atoms with E-state index in [0.29, 0.717) is 0 Å². The Morgan fingerprint density at radius 2 is 2.10 bits per heavy atom. The summed E-state index contributed by atoms with van der Waals surface area (Å²) in [5, 5.41) is -0.0463. The maximum absolute atomic E-state index is 12.5. The third-order valence-corrected chi connectivity index (χ3v) is 2.31. The van der Waals surface area contributed by atoms with Crippen molar-refractivity contribution in [1.82, 2.24) is 4.98 Å². The molecule has 1 heterocycles. The molecule has 0 saturated heterocycles. The fourth-order valence-electron chi connectivity index (χ4n) is 0.622. The number of rotatable bonds is 1. The van der Waals surface area contributed by atoms with E-state index in [9.17, 15) is 8.22 Å². The Balaban J connectivity index is 2.97. The van der Waals surface area contributed by atoms with Gasteiger partial charge in [-0.1, -0.05) is 6.07 Å². The molecular weight excluding hydrogens is 152 g/mol. The predicted octanol–water partition coefficient (Wildman–Crippen LogP) is 1.30. The molecule has 0 amide bonds. The van der Waals surface area contributed by atoms with E-state index in [1.165, 1.54) is 12.3 Å². The van der Waals surface area contributed by atoms with Gasteiger partial charge in [-0.2, -0.15) is 0 Å². The Morgan fingerprint density at radius 3 is 2.40 bits per heavy atom. The summed E-state index contributed by atoms with van der Waals surface area (Å²) in [4.78, 5) is 3.56. The highest BCUT2D eigenvalue weighted by Crippen LogP contribution is 2.03. The molecule has 0 N–H and O–H groups in total. The van der Waals surface area contributed by atoms with Crippen molar-refractivity contribution in [2.45, 2.75) is 6.55 Å². The Kier molecular flexibility index (Phi) is 1.80. The van der Waals surface area contributed by atoms with Gasteiger partial charge in [-0.3, -0.25) is 13.2 Å². The summed E-state index contributed by atoms with van der Waals surface area (Å²) >= 11 is 0. The van der Waals surface area contributed by atoms with Crippen LogP contribution in [0.4, 0.5) is 8.22 Å². The minimum atomic E-state index is -4.14. The van der Waals surface area contributed by atoms with Crippen molar-refractivity contribution in [2.75, 3.05) is 0 Å². The van der Waals surface area contributed by atoms with Crippen molar-refractivity contribution in [2.24, 2.45) is 0 Å². The first kappa shape index (κ1) is 7.34. The van der Waals surface area contributed by atoms with Gasteiger partial charge in [0.15, 0.2) is 0 Å². The molecular formula is C6H7F2NSi. The summed E-state index contributed by atoms with van der Waals surface area (Å²) in [6, 6.07) is 4.57. The third-order valence-electron chi connectivity index (χ3n) is 1.11. The number of hydrogen-bond acceptors (Lipinski definition) is 1. The van der Waals surface area contributed by atoms with Gasteiger partial charge in [-0.05, 0) is 18.7 Å². The largest absolute Gasteiger partial charge is 0.470 e. The molecule has 0 spiro atoms. The van der Waals surface area contributed by atoms with E-state index < -0.39 is 8.74 Å². The fraction of sp³-hybridized carbons (Fsp3) is 0.167. The van der Waals surface area contributed by atoms with Gasteiger partial charge >= 0.3 is 8.74 Å². The molecule has 1 aromatic heterocycles. The summed E-state index contributed by atoms with van der Waals surface area (Å²) in [5.74, 6) is 0. The lowest BCUT2D eigenvalue weighted by Crippen LogP contribution is -2.37. The van der Waals surface area contributed by atoms with Crippen LogP contribution in [0, 0.1) is 0 Å². The second-order valence-corrected chi connectivity index (χ2v) is 4.39. The van der Waals surface area contributed by atoms with Crippen LogP contribution in [-0.2, 0) is 0 Å². The highest BCUT2D eigenvalue weighted by Gasteiger charge is 2.31. The molecule has 0 bridgehead atoms. The maximum atomic E-state index is 12.5. The van der Waals surface area contributed by atoms with E-state index >= 15 is 0 Å². The second-order valence-electron chi connectivity index (χ2n) is 2.10. The van der Waals surface area contributed by atoms with Crippen LogP contribution in [0.2, 0.25) is 6.55 Å². The van der Waals surface area contributed by atoms with Gasteiger partial charge in [0.2, 0.25) is 0 Å². The van der Waals surface area contributed by atoms with Crippen LogP contribution in [0.3, 0.4) is 0 Å². The molecule has 0 unspecified atom stereocenters. The smallest absolute Gasteiger partial charge is 0.263 e. The van der Waals surface area contributed by atoms with Crippen molar-refractivity contribution in [1.29, 1.82) is 0 Å². The summed E-state index contributed by atoms with van der Waals surface area (Å²) in [5.41, 5.74) is 0. The predicted molar refractivity (Wildman–Crippen MR) is 37.7 cm³/mol. The molecule has 0 aliphatic heterocycles. The first-order chi connectivity index (χ1) is 4.61. The number of hydrogen-bond donors (Lipinski definition) is 0. The van der Waals surface area contributed by atoms with Crippen molar-refractivity contribution in [3.63, 3.8) is 0 Å². The third kappa shape index (κ3) is 1.60. The summed E-state index contributed by atoms with van der Waals surface area (Å²) < 4.78 is 25.1. The molecule has 0 aliphatic rings. The first-order valence-corrected chi connectivity index (χ1v) is 5.15. The van der Waals surface area contributed by atoms with Crippen LogP contribution in [0.25, 0.3) is 0 Å². The minimum absolute atomic E-state index is 0.0463. The average Bonchev–Trinajstić information content (AvgIpc) is 1.88. The summed E-state index contributed by atoms with van der Waals surface area (Å²) in [7, 11) is -4.14. The van der Waals surface area contributed by atoms with Crippen LogP contribution in [0.5, 0.6) is 0 Å². The van der Waals surface area contributed by atoms with Crippen LogP contribution >= 0.6 is 0 Å². The molecule has 4 heteroatoms. The topological polar surface area (TPSA) is 12.9 Å². The van der Waals surface area contributed by atoms with Gasteiger partial charge in [-0.25, -0.2) is 0 Å². The first-order valence-electron chi connectivity index (χ1n) is 2.90. The van der Waals surface area contributed by atoms with Crippen molar-refractivity contribution in [3.05, 3.63) is 24.4 Å². The second kappa shape index (κ2) is 2.46. The van der Waals surface area contributed by atoms with Gasteiger partial charge < -0.3 is 0 Å². The Morgan fingerprint density at radius 1 is 1.40 bits per heavy atom. The maximum Gasteiger partial charge on any atom is 0.470 e. The van der Waals surface area contributed by atoms with Gasteiger partial charge in [0.05, 0.1) is 5.32 Å². The Hall–Kier alpha value is -0.773. The van der Waals surface area contributed by atoms with Crippen molar-refractivity contribution < 1.29 is 8.22 Å². The van der Waals surface area contributed by atoms with E-state index in [1.807, 2.05) is 0 Å². The molecule has 0 fully saturated rings. The molecule has 1 nitrogen and oxygen atoms in total. The lowest BCUT2D eigenvalue weighted by atomic mass is 10.5. The lowest BCUT2D eigenvalue weighted by molar-refractivity contribution is 0.638. The zero-order chi connectivity index (χ0) is 7.61. The normalized spacial score (nSPS) is 11.5. The van der Waals surface area contributed by atoms with E-state index in [4.69, 9.17) is 0 Å². The average molecular weight is 159 g/mol. The lowest BCUT2D eigenvalue weighted by Gasteiger charge is -2.03. The van der Waals surface area contributed by atoms with Crippen molar-refractivity contribution >= 4 is 14.1 Å². The summed E-state index contributed by atoms with van der Waals surface area (Å²) in [6.07, 6.45) is 1.39. The minimum Gasteiger partial charge on any atom is -0.263 e. The SMILES string of the molecule is C[Si](F)(F)c1ccccn1. The molecule has 0 aliphatic carbocycles. The molecule has 54 valence electrons. The van der Waals surface area contributed by atoms with Crippen LogP contribution in [0.15, 0.2) is 24.4 Å². The van der Waals surface area contributed by atoms with Gasteiger partial charge in [0.25, 0.3) is 0 Å². The van der Waals surface area contributed by atoms with Crippen molar-refractivity contribution in [3.8, 4) is 0 Å². The van der Waals surface area contributed by atoms with E-state index in [1.54, 1.807) is 12.1 Å². The van der Waals surface area contributed by atoms with E-state index in [0.717, 1.165) is 6.55 Å². The molecule has 0 radical (unpaired) electrons. The zero-order valence-corrected chi connectivity index (χ0v) is 6.51. The number of pyridine rings is 1. The van der Waals surface area contributed by atoms with Gasteiger partial charge in [-0.15, -0.1) is 0 Å². The molecule has 0 atom stereocenters. The molecule has 1 rings (SSSR count). The molecule has 1 aromatic rings. The van der Waals surface area contributed by atoms with Gasteiger partial charge in [0, 0.05) is 6.20 Å². The zero-order valence-electron chi connectivity index (χ0n) is 5.51. The number of aromatic nitrogens is 1. The van der Waals surface area contributed by atoms with Gasteiger partial charge in [0.1, 0.15) is 0 Å². The highest BCUT2D eigenvalue weighted by atomic mass is 28.4. The highest BCUT2D eigenvalue weighted by molar-refractivity contribution is 6.77. The summed E-state index contributed by atoms with van der Waals surface area (Å²) in [6.45, 7) is 0.968. The molecule has 10 heavy (non-hydrogen) atoms. The monoisotopic (exact) mass is 159 g/mol. The van der Waals surface area contributed by atoms with Crippen LogP contribution in [-0.4, -0.2) is 13.7 Å². The number of halogens is 2. The van der Waals surface area contributed by atoms with E-state index in [-0.39, 0.29) is 5.32 Å². The van der Waals surface area contributed by atoms with Crippen LogP contribution in [0.1, 0.15) is 0 Å². The van der Waals surface area contributed by atoms with Crippen LogP contribution < -0.4 is 5.32 Å². The quantitative estimate of drug-likeness (QED) is 0.444. The Labute approximate surface area is 59.1 Å².